The summed E-state index contributed by atoms with van der Waals surface area (Å²) in [7, 11) is 0. The third-order valence-electron chi connectivity index (χ3n) is 3.69. The van der Waals surface area contributed by atoms with E-state index in [4.69, 9.17) is 5.73 Å². The summed E-state index contributed by atoms with van der Waals surface area (Å²) in [6, 6.07) is 9.57. The number of hydrogen-bond acceptors (Lipinski definition) is 3. The molecule has 0 bridgehead atoms. The first-order valence-corrected chi connectivity index (χ1v) is 7.79. The quantitative estimate of drug-likeness (QED) is 0.899. The van der Waals surface area contributed by atoms with Crippen molar-refractivity contribution in [3.8, 4) is 0 Å². The molecule has 0 atom stereocenters. The van der Waals surface area contributed by atoms with Gasteiger partial charge in [0.25, 0.3) is 0 Å². The highest BCUT2D eigenvalue weighted by atomic mass is 32.1. The molecule has 0 unspecified atom stereocenters. The molecule has 2 aromatic rings. The molecular weight excluding hydrogens is 252 g/mol. The Morgan fingerprint density at radius 1 is 1.32 bits per heavy atom. The summed E-state index contributed by atoms with van der Waals surface area (Å²) in [4.78, 5) is 2.53. The first-order valence-electron chi connectivity index (χ1n) is 6.85. The summed E-state index contributed by atoms with van der Waals surface area (Å²) in [5.41, 5.74) is 11.2. The van der Waals surface area contributed by atoms with Gasteiger partial charge in [0, 0.05) is 24.8 Å². The van der Waals surface area contributed by atoms with Gasteiger partial charge in [-0.2, -0.15) is 11.3 Å². The third kappa shape index (κ3) is 2.82. The number of nitrogens with zero attached hydrogens (tertiary/aromatic N) is 1. The van der Waals surface area contributed by atoms with Crippen LogP contribution in [0.15, 0.2) is 35.0 Å². The second kappa shape index (κ2) is 5.35. The van der Waals surface area contributed by atoms with Gasteiger partial charge in [-0.25, -0.2) is 0 Å². The highest BCUT2D eigenvalue weighted by Crippen LogP contribution is 2.35. The minimum absolute atomic E-state index is 0.615. The maximum atomic E-state index is 5.93. The smallest absolute Gasteiger partial charge is 0.0440 e. The standard InChI is InChI=1S/C16H20N2S/c1-12-2-5-16(14(8-12)9-17)18(15-3-4-15)10-13-6-7-19-11-13/h2,5-8,11,15H,3-4,9-10,17H2,1H3. The summed E-state index contributed by atoms with van der Waals surface area (Å²) in [5, 5.41) is 4.39. The van der Waals surface area contributed by atoms with E-state index in [1.807, 2.05) is 0 Å². The SMILES string of the molecule is Cc1ccc(N(Cc2ccsc2)C2CC2)c(CN)c1. The molecule has 0 radical (unpaired) electrons. The Bertz CT molecular complexity index is 544. The molecule has 1 aromatic carbocycles. The molecule has 1 aliphatic carbocycles. The lowest BCUT2D eigenvalue weighted by atomic mass is 10.1. The Kier molecular flexibility index (Phi) is 3.58. The van der Waals surface area contributed by atoms with Crippen molar-refractivity contribution in [2.45, 2.75) is 38.9 Å². The fourth-order valence-corrected chi connectivity index (χ4v) is 3.19. The van der Waals surface area contributed by atoms with E-state index in [1.165, 1.54) is 35.2 Å². The third-order valence-corrected chi connectivity index (χ3v) is 4.42. The van der Waals surface area contributed by atoms with E-state index in [0.717, 1.165) is 6.54 Å². The summed E-state index contributed by atoms with van der Waals surface area (Å²) in [6.45, 7) is 3.75. The molecule has 100 valence electrons. The van der Waals surface area contributed by atoms with E-state index in [2.05, 4.69) is 46.8 Å². The lowest BCUT2D eigenvalue weighted by molar-refractivity contribution is 0.787. The summed E-state index contributed by atoms with van der Waals surface area (Å²) < 4.78 is 0. The fourth-order valence-electron chi connectivity index (χ4n) is 2.53. The van der Waals surface area contributed by atoms with Crippen LogP contribution in [-0.4, -0.2) is 6.04 Å². The van der Waals surface area contributed by atoms with Crippen molar-refractivity contribution < 1.29 is 0 Å². The van der Waals surface area contributed by atoms with Gasteiger partial charge < -0.3 is 10.6 Å². The predicted octanol–water partition coefficient (Wildman–Crippen LogP) is 3.68. The van der Waals surface area contributed by atoms with E-state index in [9.17, 15) is 0 Å². The highest BCUT2D eigenvalue weighted by Gasteiger charge is 2.30. The van der Waals surface area contributed by atoms with Crippen LogP contribution in [0.3, 0.4) is 0 Å². The van der Waals surface area contributed by atoms with Crippen LogP contribution in [-0.2, 0) is 13.1 Å². The minimum atomic E-state index is 0.615. The molecule has 19 heavy (non-hydrogen) atoms. The zero-order valence-electron chi connectivity index (χ0n) is 11.3. The Morgan fingerprint density at radius 3 is 2.79 bits per heavy atom. The van der Waals surface area contributed by atoms with Gasteiger partial charge in [0.2, 0.25) is 0 Å². The van der Waals surface area contributed by atoms with Crippen LogP contribution in [0, 0.1) is 6.92 Å². The number of aryl methyl sites for hydroxylation is 1. The van der Waals surface area contributed by atoms with Crippen molar-refractivity contribution in [3.05, 3.63) is 51.7 Å². The molecule has 3 rings (SSSR count). The molecule has 2 nitrogen and oxygen atoms in total. The van der Waals surface area contributed by atoms with Gasteiger partial charge in [-0.15, -0.1) is 0 Å². The maximum Gasteiger partial charge on any atom is 0.0440 e. The average Bonchev–Trinajstić information content (AvgIpc) is 3.13. The lowest BCUT2D eigenvalue weighted by Gasteiger charge is -2.27. The Balaban J connectivity index is 1.91. The highest BCUT2D eigenvalue weighted by molar-refractivity contribution is 7.07. The minimum Gasteiger partial charge on any atom is -0.364 e. The molecule has 0 aliphatic heterocycles. The first kappa shape index (κ1) is 12.7. The molecule has 1 heterocycles. The fraction of sp³-hybridized carbons (Fsp3) is 0.375. The van der Waals surface area contributed by atoms with Crippen LogP contribution in [0.1, 0.15) is 29.5 Å². The molecule has 1 aliphatic rings. The molecule has 0 amide bonds. The zero-order chi connectivity index (χ0) is 13.2. The number of thiophene rings is 1. The van der Waals surface area contributed by atoms with Gasteiger partial charge in [0.1, 0.15) is 0 Å². The van der Waals surface area contributed by atoms with Crippen molar-refractivity contribution in [2.75, 3.05) is 4.90 Å². The van der Waals surface area contributed by atoms with Gasteiger partial charge in [0.05, 0.1) is 0 Å². The number of nitrogens with two attached hydrogens (primary N) is 1. The van der Waals surface area contributed by atoms with E-state index < -0.39 is 0 Å². The number of hydrogen-bond donors (Lipinski definition) is 1. The number of benzene rings is 1. The molecule has 1 fully saturated rings. The van der Waals surface area contributed by atoms with Crippen molar-refractivity contribution in [1.82, 2.24) is 0 Å². The molecule has 0 spiro atoms. The van der Waals surface area contributed by atoms with Gasteiger partial charge in [-0.05, 0) is 53.8 Å². The topological polar surface area (TPSA) is 29.3 Å². The van der Waals surface area contributed by atoms with Crippen LogP contribution in [0.5, 0.6) is 0 Å². The normalized spacial score (nSPS) is 14.6. The van der Waals surface area contributed by atoms with Gasteiger partial charge in [-0.1, -0.05) is 17.7 Å². The summed E-state index contributed by atoms with van der Waals surface area (Å²) in [5.74, 6) is 0. The van der Waals surface area contributed by atoms with E-state index in [-0.39, 0.29) is 0 Å². The second-order valence-electron chi connectivity index (χ2n) is 5.33. The van der Waals surface area contributed by atoms with Crippen LogP contribution in [0.25, 0.3) is 0 Å². The van der Waals surface area contributed by atoms with Crippen molar-refractivity contribution in [3.63, 3.8) is 0 Å². The van der Waals surface area contributed by atoms with Crippen molar-refractivity contribution in [2.24, 2.45) is 5.73 Å². The Labute approximate surface area is 118 Å². The molecule has 1 saturated carbocycles. The van der Waals surface area contributed by atoms with E-state index in [0.29, 0.717) is 12.6 Å². The van der Waals surface area contributed by atoms with Crippen LogP contribution in [0.2, 0.25) is 0 Å². The summed E-state index contributed by atoms with van der Waals surface area (Å²) >= 11 is 1.77. The Morgan fingerprint density at radius 2 is 2.16 bits per heavy atom. The van der Waals surface area contributed by atoms with Crippen molar-refractivity contribution in [1.29, 1.82) is 0 Å². The maximum absolute atomic E-state index is 5.93. The summed E-state index contributed by atoms with van der Waals surface area (Å²) in [6.07, 6.45) is 2.62. The van der Waals surface area contributed by atoms with Gasteiger partial charge >= 0.3 is 0 Å². The first-order chi connectivity index (χ1) is 9.28. The monoisotopic (exact) mass is 272 g/mol. The van der Waals surface area contributed by atoms with Crippen LogP contribution < -0.4 is 10.6 Å². The predicted molar refractivity (Wildman–Crippen MR) is 82.6 cm³/mol. The van der Waals surface area contributed by atoms with Gasteiger partial charge in [-0.3, -0.25) is 0 Å². The van der Waals surface area contributed by atoms with Crippen molar-refractivity contribution >= 4 is 17.0 Å². The van der Waals surface area contributed by atoms with Crippen LogP contribution >= 0.6 is 11.3 Å². The van der Waals surface area contributed by atoms with Gasteiger partial charge in [0.15, 0.2) is 0 Å². The molecule has 3 heteroatoms. The number of anilines is 1. The second-order valence-corrected chi connectivity index (χ2v) is 6.11. The van der Waals surface area contributed by atoms with Crippen LogP contribution in [0.4, 0.5) is 5.69 Å². The largest absolute Gasteiger partial charge is 0.364 e. The van der Waals surface area contributed by atoms with E-state index >= 15 is 0 Å². The zero-order valence-corrected chi connectivity index (χ0v) is 12.1. The molecule has 1 aromatic heterocycles. The van der Waals surface area contributed by atoms with E-state index in [1.54, 1.807) is 11.3 Å². The lowest BCUT2D eigenvalue weighted by Crippen LogP contribution is -2.26. The molecule has 0 saturated heterocycles. The Hall–Kier alpha value is -1.32. The number of rotatable bonds is 5. The molecule has 2 N–H and O–H groups in total. The molecular formula is C16H20N2S. The average molecular weight is 272 g/mol.